The first-order valence-electron chi connectivity index (χ1n) is 9.72. The molecule has 2 aromatic heterocycles. The first-order chi connectivity index (χ1) is 14.9. The van der Waals surface area contributed by atoms with E-state index in [2.05, 4.69) is 25.4 Å². The molecule has 1 amide bonds. The third-order valence-electron chi connectivity index (χ3n) is 4.83. The van der Waals surface area contributed by atoms with Gasteiger partial charge in [-0.25, -0.2) is 19.1 Å². The molecule has 0 aliphatic carbocycles. The van der Waals surface area contributed by atoms with Gasteiger partial charge < -0.3 is 19.7 Å². The number of aromatic nitrogens is 4. The smallest absolute Gasteiger partial charge is 0.416 e. The second-order valence-corrected chi connectivity index (χ2v) is 7.19. The van der Waals surface area contributed by atoms with E-state index in [1.807, 2.05) is 30.3 Å². The van der Waals surface area contributed by atoms with Gasteiger partial charge in [0.25, 0.3) is 0 Å². The highest BCUT2D eigenvalue weighted by Gasteiger charge is 2.39. The van der Waals surface area contributed by atoms with Crippen LogP contribution in [0.3, 0.4) is 0 Å². The number of ether oxygens (including phenoxy) is 1. The van der Waals surface area contributed by atoms with Gasteiger partial charge in [-0.05, 0) is 19.4 Å². The highest BCUT2D eigenvalue weighted by molar-refractivity contribution is 5.89. The van der Waals surface area contributed by atoms with E-state index in [0.717, 1.165) is 16.7 Å². The van der Waals surface area contributed by atoms with Gasteiger partial charge in [-0.1, -0.05) is 35.5 Å². The molecule has 1 aromatic carbocycles. The highest BCUT2D eigenvalue weighted by atomic mass is 19.1. The number of amides is 1. The Balaban J connectivity index is 1.50. The average Bonchev–Trinajstić information content (AvgIpc) is 3.37. The number of anilines is 2. The molecule has 3 aromatic rings. The van der Waals surface area contributed by atoms with Gasteiger partial charge in [0.1, 0.15) is 12.6 Å². The van der Waals surface area contributed by atoms with Gasteiger partial charge in [-0.2, -0.15) is 9.97 Å². The minimum atomic E-state index is -0.932. The lowest BCUT2D eigenvalue weighted by Gasteiger charge is -2.23. The Morgan fingerprint density at radius 3 is 2.81 bits per heavy atom. The number of carbonyl (C=O) groups is 1. The number of cyclic esters (lactones) is 1. The lowest BCUT2D eigenvalue weighted by atomic mass is 10.1. The van der Waals surface area contributed by atoms with E-state index >= 15 is 0 Å². The van der Waals surface area contributed by atoms with Crippen LogP contribution < -0.4 is 10.2 Å². The molecule has 3 heterocycles. The summed E-state index contributed by atoms with van der Waals surface area (Å²) in [4.78, 5) is 25.5. The fourth-order valence-electron chi connectivity index (χ4n) is 3.18. The summed E-state index contributed by atoms with van der Waals surface area (Å²) in [6.45, 7) is 3.20. The maximum atomic E-state index is 14.4. The van der Waals surface area contributed by atoms with Crippen LogP contribution in [0.15, 0.2) is 41.1 Å². The largest absolute Gasteiger partial charge is 0.447 e. The molecule has 0 spiro atoms. The third-order valence-corrected chi connectivity index (χ3v) is 4.83. The van der Waals surface area contributed by atoms with Crippen LogP contribution in [0.5, 0.6) is 0 Å². The molecular weight excluding hydrogens is 407 g/mol. The number of aliphatic hydroxyl groups is 1. The van der Waals surface area contributed by atoms with Crippen LogP contribution in [0.25, 0.3) is 0 Å². The molecule has 2 N–H and O–H groups in total. The Hall–Kier alpha value is -3.60. The molecular formula is C20H21FN6O4. The molecule has 11 heteroatoms. The molecule has 0 radical (unpaired) electrons. The van der Waals surface area contributed by atoms with Gasteiger partial charge in [-0.15, -0.1) is 0 Å². The zero-order valence-electron chi connectivity index (χ0n) is 16.9. The Morgan fingerprint density at radius 2 is 2.06 bits per heavy atom. The van der Waals surface area contributed by atoms with Gasteiger partial charge in [0.05, 0.1) is 24.8 Å². The molecule has 1 aliphatic rings. The Bertz CT molecular complexity index is 1060. The molecule has 1 fully saturated rings. The first kappa shape index (κ1) is 20.7. The summed E-state index contributed by atoms with van der Waals surface area (Å²) in [5.74, 6) is -0.205. The summed E-state index contributed by atoms with van der Waals surface area (Å²) < 4.78 is 24.6. The summed E-state index contributed by atoms with van der Waals surface area (Å²) in [6.07, 6.45) is -0.279. The van der Waals surface area contributed by atoms with Gasteiger partial charge in [0.15, 0.2) is 17.5 Å². The number of nitrogens with zero attached hydrogens (tertiary/aromatic N) is 5. The first-order valence-corrected chi connectivity index (χ1v) is 9.72. The third kappa shape index (κ3) is 4.45. The van der Waals surface area contributed by atoms with Crippen molar-refractivity contribution in [2.24, 2.45) is 0 Å². The molecule has 0 saturated carbocycles. The summed E-state index contributed by atoms with van der Waals surface area (Å²) >= 11 is 0. The van der Waals surface area contributed by atoms with Crippen molar-refractivity contribution in [3.63, 3.8) is 0 Å². The van der Waals surface area contributed by atoms with Crippen LogP contribution in [0.2, 0.25) is 0 Å². The van der Waals surface area contributed by atoms with Crippen molar-refractivity contribution in [1.29, 1.82) is 0 Å². The van der Waals surface area contributed by atoms with Crippen LogP contribution in [0.1, 0.15) is 37.2 Å². The number of benzene rings is 1. The minimum absolute atomic E-state index is 0.0577. The molecule has 1 saturated heterocycles. The second-order valence-electron chi connectivity index (χ2n) is 7.19. The van der Waals surface area contributed by atoms with E-state index < -0.39 is 30.1 Å². The molecule has 10 nitrogen and oxygen atoms in total. The van der Waals surface area contributed by atoms with Crippen LogP contribution >= 0.6 is 0 Å². The lowest BCUT2D eigenvalue weighted by Crippen LogP contribution is -2.42. The maximum Gasteiger partial charge on any atom is 0.416 e. The summed E-state index contributed by atoms with van der Waals surface area (Å²) in [6, 6.07) is 8.50. The predicted molar refractivity (Wildman–Crippen MR) is 107 cm³/mol. The molecule has 31 heavy (non-hydrogen) atoms. The lowest BCUT2D eigenvalue weighted by molar-refractivity contribution is 0.142. The second kappa shape index (κ2) is 8.64. The van der Waals surface area contributed by atoms with Crippen molar-refractivity contribution in [2.45, 2.75) is 38.5 Å². The van der Waals surface area contributed by atoms with Crippen LogP contribution in [0.4, 0.5) is 21.0 Å². The topological polar surface area (TPSA) is 127 Å². The van der Waals surface area contributed by atoms with Crippen molar-refractivity contribution in [3.05, 3.63) is 59.6 Å². The number of nitrogens with one attached hydrogen (secondary N) is 1. The Labute approximate surface area is 177 Å². The van der Waals surface area contributed by atoms with Crippen molar-refractivity contribution in [1.82, 2.24) is 20.1 Å². The standard InChI is InChI=1S/C20H21FN6O4/c1-11(17-24-16(31-26-17)8-13-6-4-3-5-7-13)23-19-22-9-14(21)18(25-19)27-15(12(2)28)10-30-20(27)29/h3-7,9,11-12,15,28H,8,10H2,1-2H3,(H,22,23,25)/t11-,12+,15+/m0/s1. The number of hydrogen-bond donors (Lipinski definition) is 2. The van der Waals surface area contributed by atoms with Crippen LogP contribution in [-0.2, 0) is 11.2 Å². The monoisotopic (exact) mass is 428 g/mol. The zero-order valence-corrected chi connectivity index (χ0v) is 16.9. The van der Waals surface area contributed by atoms with Crippen LogP contribution in [-0.4, -0.2) is 50.1 Å². The van der Waals surface area contributed by atoms with E-state index in [-0.39, 0.29) is 18.4 Å². The van der Waals surface area contributed by atoms with Crippen molar-refractivity contribution in [3.8, 4) is 0 Å². The summed E-state index contributed by atoms with van der Waals surface area (Å²) in [5.41, 5.74) is 1.04. The zero-order chi connectivity index (χ0) is 22.0. The Kier molecular flexibility index (Phi) is 5.76. The number of rotatable bonds is 7. The van der Waals surface area contributed by atoms with E-state index in [4.69, 9.17) is 9.26 Å². The highest BCUT2D eigenvalue weighted by Crippen LogP contribution is 2.27. The van der Waals surface area contributed by atoms with Gasteiger partial charge in [0.2, 0.25) is 11.8 Å². The van der Waals surface area contributed by atoms with E-state index in [9.17, 15) is 14.3 Å². The van der Waals surface area contributed by atoms with E-state index in [1.165, 1.54) is 6.92 Å². The average molecular weight is 428 g/mol. The maximum absolute atomic E-state index is 14.4. The van der Waals surface area contributed by atoms with Gasteiger partial charge >= 0.3 is 6.09 Å². The van der Waals surface area contributed by atoms with Crippen molar-refractivity contribution >= 4 is 17.9 Å². The van der Waals surface area contributed by atoms with Crippen molar-refractivity contribution in [2.75, 3.05) is 16.8 Å². The molecule has 162 valence electrons. The fourth-order valence-corrected chi connectivity index (χ4v) is 3.18. The molecule has 3 atom stereocenters. The Morgan fingerprint density at radius 1 is 1.29 bits per heavy atom. The number of carbonyl (C=O) groups excluding carboxylic acids is 1. The van der Waals surface area contributed by atoms with E-state index in [0.29, 0.717) is 18.1 Å². The number of aliphatic hydroxyl groups excluding tert-OH is 1. The SMILES string of the molecule is C[C@H](Nc1ncc(F)c(N2C(=O)OC[C@@H]2[C@@H](C)O)n1)c1noc(Cc2ccccc2)n1. The summed E-state index contributed by atoms with van der Waals surface area (Å²) in [7, 11) is 0. The fraction of sp³-hybridized carbons (Fsp3) is 0.350. The minimum Gasteiger partial charge on any atom is -0.447 e. The molecule has 4 rings (SSSR count). The molecule has 0 unspecified atom stereocenters. The van der Waals surface area contributed by atoms with Gasteiger partial charge in [0, 0.05) is 0 Å². The van der Waals surface area contributed by atoms with E-state index in [1.54, 1.807) is 6.92 Å². The number of halogens is 1. The predicted octanol–water partition coefficient (Wildman–Crippen LogP) is 2.47. The van der Waals surface area contributed by atoms with Gasteiger partial charge in [-0.3, -0.25) is 0 Å². The molecule has 1 aliphatic heterocycles. The normalized spacial score (nSPS) is 18.0. The molecule has 0 bridgehead atoms. The van der Waals surface area contributed by atoms with Crippen LogP contribution in [0, 0.1) is 5.82 Å². The summed E-state index contributed by atoms with van der Waals surface area (Å²) in [5, 5.41) is 16.8. The number of hydrogen-bond acceptors (Lipinski definition) is 9. The van der Waals surface area contributed by atoms with Crippen molar-refractivity contribution < 1.29 is 23.6 Å². The quantitative estimate of drug-likeness (QED) is 0.583.